The van der Waals surface area contributed by atoms with Gasteiger partial charge in [0.2, 0.25) is 0 Å². The van der Waals surface area contributed by atoms with Crippen molar-refractivity contribution in [2.24, 2.45) is 0 Å². The summed E-state index contributed by atoms with van der Waals surface area (Å²) in [6, 6.07) is 11.4. The van der Waals surface area contributed by atoms with Gasteiger partial charge in [-0.2, -0.15) is 0 Å². The van der Waals surface area contributed by atoms with Crippen LogP contribution in [-0.4, -0.2) is 35.2 Å². The predicted molar refractivity (Wildman–Crippen MR) is 65.0 cm³/mol. The third-order valence-corrected chi connectivity index (χ3v) is 3.21. The van der Waals surface area contributed by atoms with Crippen molar-refractivity contribution in [1.29, 1.82) is 0 Å². The van der Waals surface area contributed by atoms with Crippen LogP contribution in [0.15, 0.2) is 42.5 Å². The fourth-order valence-corrected chi connectivity index (χ4v) is 2.13. The monoisotopic (exact) mass is 193 g/mol. The minimum atomic E-state index is 0.648. The average Bonchev–Trinajstić information content (AvgIpc) is 2.27. The van der Waals surface area contributed by atoms with Crippen LogP contribution in [0.4, 0.5) is 0 Å². The molecule has 0 N–H and O–H groups in total. The fraction of sp³-hybridized carbons (Fsp3) is 0.385. The number of benzene rings is 1. The third kappa shape index (κ3) is 2.55. The first-order valence-corrected chi connectivity index (χ1v) is 5.77. The van der Waals surface area contributed by atoms with E-state index in [4.69, 9.17) is 0 Å². The van der Waals surface area contributed by atoms with Crippen LogP contribution in [-0.2, 0) is 6.54 Å². The Kier molecular flexibility index (Phi) is 3.70. The molecule has 0 amide bonds. The number of hydrogen-bond acceptors (Lipinski definition) is 1. The van der Waals surface area contributed by atoms with E-state index in [0.717, 1.165) is 13.1 Å². The second-order valence-corrected chi connectivity index (χ2v) is 4.28. The van der Waals surface area contributed by atoms with Crippen LogP contribution in [0.1, 0.15) is 12.5 Å². The molecule has 1 aliphatic carbocycles. The van der Waals surface area contributed by atoms with Crippen molar-refractivity contribution in [3.8, 4) is 0 Å². The maximum atomic E-state index is 2.53. The van der Waals surface area contributed by atoms with Crippen molar-refractivity contribution in [1.82, 2.24) is 4.90 Å². The van der Waals surface area contributed by atoms with Crippen molar-refractivity contribution < 1.29 is 0 Å². The molecule has 0 saturated carbocycles. The van der Waals surface area contributed by atoms with Crippen LogP contribution in [0.3, 0.4) is 0 Å². The van der Waals surface area contributed by atoms with Gasteiger partial charge >= 0.3 is 101 Å². The molecule has 2 rings (SSSR count). The zero-order valence-corrected chi connectivity index (χ0v) is 9.56. The summed E-state index contributed by atoms with van der Waals surface area (Å²) in [7, 11) is 0. The number of nitrogens with zero attached hydrogens (tertiary/aromatic N) is 1. The molecule has 0 fully saturated rings. The van der Waals surface area contributed by atoms with Crippen LogP contribution in [0, 0.1) is 0 Å². The summed E-state index contributed by atoms with van der Waals surface area (Å²) in [5.74, 6) is 0. The summed E-state index contributed by atoms with van der Waals surface area (Å²) in [6.45, 7) is 4.42. The first-order valence-electron chi connectivity index (χ1n) is 5.77. The molecule has 0 bridgehead atoms. The van der Waals surface area contributed by atoms with Gasteiger partial charge in [-0.25, -0.2) is 0 Å². The van der Waals surface area contributed by atoms with E-state index in [1.54, 1.807) is 0 Å². The quantitative estimate of drug-likeness (QED) is 0.524. The van der Waals surface area contributed by atoms with Gasteiger partial charge in [-0.05, 0) is 0 Å². The number of rotatable bonds is 4. The Bertz CT molecular complexity index is 334. The molecular formula is C13H16LiN. The summed E-state index contributed by atoms with van der Waals surface area (Å²) in [5.41, 5.74) is 1.41. The van der Waals surface area contributed by atoms with Gasteiger partial charge in [-0.15, -0.1) is 0 Å². The molecule has 0 aromatic heterocycles. The van der Waals surface area contributed by atoms with Gasteiger partial charge < -0.3 is 0 Å². The second kappa shape index (κ2) is 5.03. The van der Waals surface area contributed by atoms with E-state index < -0.39 is 0 Å². The van der Waals surface area contributed by atoms with E-state index in [-0.39, 0.29) is 0 Å². The van der Waals surface area contributed by atoms with Crippen molar-refractivity contribution in [2.45, 2.75) is 24.1 Å². The van der Waals surface area contributed by atoms with Gasteiger partial charge in [0.25, 0.3) is 0 Å². The molecule has 15 heavy (non-hydrogen) atoms. The molecule has 0 spiro atoms. The average molecular weight is 193 g/mol. The summed E-state index contributed by atoms with van der Waals surface area (Å²) in [5, 5.41) is 0. The van der Waals surface area contributed by atoms with E-state index in [1.807, 2.05) is 0 Å². The Morgan fingerprint density at radius 1 is 1.20 bits per heavy atom. The van der Waals surface area contributed by atoms with E-state index in [0.29, 0.717) is 10.6 Å². The molecule has 0 heterocycles. The van der Waals surface area contributed by atoms with Gasteiger partial charge in [0.05, 0.1) is 0 Å². The van der Waals surface area contributed by atoms with Gasteiger partial charge in [-0.1, -0.05) is 0 Å². The van der Waals surface area contributed by atoms with E-state index in [1.165, 1.54) is 5.56 Å². The molecule has 1 aromatic rings. The van der Waals surface area contributed by atoms with Crippen molar-refractivity contribution >= 4 is 17.7 Å². The Balaban J connectivity index is 2.00. The van der Waals surface area contributed by atoms with Crippen LogP contribution in [0.5, 0.6) is 0 Å². The summed E-state index contributed by atoms with van der Waals surface area (Å²) in [4.78, 5) is 2.53. The van der Waals surface area contributed by atoms with Crippen LogP contribution in [0.25, 0.3) is 0 Å². The SMILES string of the molecule is [Li][CH]1C=CC1N(CC)Cc1ccccc1. The van der Waals surface area contributed by atoms with Gasteiger partial charge in [0.1, 0.15) is 0 Å². The molecule has 0 aliphatic heterocycles. The standard InChI is InChI=1S/C13H16N.Li/c1-2-14(13-9-6-10-13)11-12-7-4-3-5-8-12;/h3-10,13H,2,11H2,1H3;. The van der Waals surface area contributed by atoms with Gasteiger partial charge in [-0.3, -0.25) is 0 Å². The zero-order valence-electron chi connectivity index (χ0n) is 9.56. The Labute approximate surface area is 101 Å². The van der Waals surface area contributed by atoms with Gasteiger partial charge in [0.15, 0.2) is 0 Å². The van der Waals surface area contributed by atoms with E-state index >= 15 is 0 Å². The normalized spacial score (nSPS) is 24.3. The molecule has 2 atom stereocenters. The van der Waals surface area contributed by atoms with Crippen LogP contribution in [0.2, 0.25) is 4.59 Å². The van der Waals surface area contributed by atoms with Crippen molar-refractivity contribution in [3.63, 3.8) is 0 Å². The first kappa shape index (κ1) is 11.0. The Hall–Kier alpha value is -0.483. The van der Waals surface area contributed by atoms with Crippen molar-refractivity contribution in [2.75, 3.05) is 6.54 Å². The fourth-order valence-electron chi connectivity index (χ4n) is 2.13. The molecule has 0 saturated heterocycles. The second-order valence-electron chi connectivity index (χ2n) is 4.28. The molecule has 2 unspecified atom stereocenters. The molecular weight excluding hydrogens is 177 g/mol. The Morgan fingerprint density at radius 2 is 1.93 bits per heavy atom. The van der Waals surface area contributed by atoms with Crippen LogP contribution < -0.4 is 0 Å². The van der Waals surface area contributed by atoms with E-state index in [2.05, 4.69) is 72.0 Å². The van der Waals surface area contributed by atoms with Crippen LogP contribution >= 0.6 is 0 Å². The first-order chi connectivity index (χ1) is 7.31. The molecule has 1 aliphatic rings. The number of likely N-dealkylation sites (N-methyl/N-ethyl adjacent to an activating group) is 1. The molecule has 0 radical (unpaired) electrons. The number of hydrogen-bond donors (Lipinski definition) is 0. The Morgan fingerprint density at radius 3 is 2.40 bits per heavy atom. The summed E-state index contributed by atoms with van der Waals surface area (Å²) >= 11 is 2.29. The maximum absolute atomic E-state index is 2.53. The minimum absolute atomic E-state index is 0.648. The van der Waals surface area contributed by atoms with E-state index in [9.17, 15) is 0 Å². The van der Waals surface area contributed by atoms with Crippen molar-refractivity contribution in [3.05, 3.63) is 48.0 Å². The summed E-state index contributed by atoms with van der Waals surface area (Å²) < 4.78 is 0.716. The molecule has 2 heteroatoms. The zero-order chi connectivity index (χ0) is 10.7. The van der Waals surface area contributed by atoms with Gasteiger partial charge in [0, 0.05) is 0 Å². The summed E-state index contributed by atoms with van der Waals surface area (Å²) in [6.07, 6.45) is 4.61. The predicted octanol–water partition coefficient (Wildman–Crippen LogP) is 2.40. The molecule has 1 aromatic carbocycles. The third-order valence-electron chi connectivity index (χ3n) is 3.21. The molecule has 74 valence electrons. The topological polar surface area (TPSA) is 3.24 Å². The molecule has 1 nitrogen and oxygen atoms in total.